The number of halogens is 2. The molecule has 1 saturated heterocycles. The molecule has 3 nitrogen and oxygen atoms in total. The number of ether oxygens (including phenoxy) is 1. The maximum Gasteiger partial charge on any atom is 0.217 e. The fourth-order valence-corrected chi connectivity index (χ4v) is 3.64. The van der Waals surface area contributed by atoms with Crippen LogP contribution in [0.3, 0.4) is 0 Å². The summed E-state index contributed by atoms with van der Waals surface area (Å²) in [6.45, 7) is 1.48. The molecule has 2 fully saturated rings. The largest absolute Gasteiger partial charge is 0.370 e. The van der Waals surface area contributed by atoms with Crippen LogP contribution in [-0.4, -0.2) is 18.1 Å². The molecule has 1 amide bonds. The average Bonchev–Trinajstić information content (AvgIpc) is 2.89. The molecule has 1 N–H and O–H groups in total. The minimum absolute atomic E-state index is 0.0169. The molecule has 0 spiro atoms. The molecule has 0 bridgehead atoms. The van der Waals surface area contributed by atoms with Gasteiger partial charge in [0.2, 0.25) is 5.91 Å². The van der Waals surface area contributed by atoms with Crippen LogP contribution in [0.5, 0.6) is 0 Å². The third-order valence-electron chi connectivity index (χ3n) is 4.52. The van der Waals surface area contributed by atoms with Gasteiger partial charge in [-0.1, -0.05) is 6.42 Å². The molecule has 1 saturated carbocycles. The summed E-state index contributed by atoms with van der Waals surface area (Å²) < 4.78 is 33.3. The van der Waals surface area contributed by atoms with E-state index in [1.54, 1.807) is 0 Å². The van der Waals surface area contributed by atoms with E-state index in [0.29, 0.717) is 6.42 Å². The fraction of sp³-hybridized carbons (Fsp3) is 0.562. The van der Waals surface area contributed by atoms with Gasteiger partial charge in [-0.2, -0.15) is 0 Å². The van der Waals surface area contributed by atoms with Crippen LogP contribution in [0.4, 0.5) is 8.78 Å². The van der Waals surface area contributed by atoms with Gasteiger partial charge >= 0.3 is 0 Å². The predicted molar refractivity (Wildman–Crippen MR) is 73.5 cm³/mol. The second-order valence-corrected chi connectivity index (χ2v) is 5.97. The third-order valence-corrected chi connectivity index (χ3v) is 4.52. The zero-order valence-electron chi connectivity index (χ0n) is 11.9. The first kappa shape index (κ1) is 14.4. The molecule has 21 heavy (non-hydrogen) atoms. The van der Waals surface area contributed by atoms with E-state index in [0.717, 1.165) is 31.4 Å². The molecule has 0 unspecified atom stereocenters. The molecule has 114 valence electrons. The highest BCUT2D eigenvalue weighted by Crippen LogP contribution is 2.43. The SMILES string of the molecule is CC(=O)N[C@@H]1C[C@H](c2cc(F)ccc2F)O[C@@H]2CCC[C@@H]12. The second kappa shape index (κ2) is 5.72. The number of benzene rings is 1. The van der Waals surface area contributed by atoms with E-state index < -0.39 is 17.7 Å². The monoisotopic (exact) mass is 295 g/mol. The Morgan fingerprint density at radius 2 is 2.14 bits per heavy atom. The van der Waals surface area contributed by atoms with Gasteiger partial charge in [0.05, 0.1) is 12.2 Å². The Hall–Kier alpha value is -1.49. The minimum atomic E-state index is -0.503. The van der Waals surface area contributed by atoms with Crippen molar-refractivity contribution in [1.29, 1.82) is 0 Å². The van der Waals surface area contributed by atoms with Crippen LogP contribution in [0.25, 0.3) is 0 Å². The summed E-state index contributed by atoms with van der Waals surface area (Å²) in [5.41, 5.74) is 0.246. The van der Waals surface area contributed by atoms with Gasteiger partial charge in [-0.25, -0.2) is 8.78 Å². The van der Waals surface area contributed by atoms with Crippen LogP contribution < -0.4 is 5.32 Å². The normalized spacial score (nSPS) is 31.8. The number of fused-ring (bicyclic) bond motifs is 1. The van der Waals surface area contributed by atoms with Crippen molar-refractivity contribution in [3.05, 3.63) is 35.4 Å². The van der Waals surface area contributed by atoms with Crippen LogP contribution in [0, 0.1) is 17.6 Å². The van der Waals surface area contributed by atoms with Crippen molar-refractivity contribution in [2.45, 2.75) is 50.9 Å². The summed E-state index contributed by atoms with van der Waals surface area (Å²) in [6.07, 6.45) is 2.97. The number of nitrogens with one attached hydrogen (secondary N) is 1. The maximum atomic E-state index is 14.0. The van der Waals surface area contributed by atoms with Gasteiger partial charge in [0.15, 0.2) is 0 Å². The molecule has 5 heteroatoms. The summed E-state index contributed by atoms with van der Waals surface area (Å²) in [5, 5.41) is 2.95. The van der Waals surface area contributed by atoms with Crippen molar-refractivity contribution in [1.82, 2.24) is 5.32 Å². The highest BCUT2D eigenvalue weighted by Gasteiger charge is 2.42. The van der Waals surface area contributed by atoms with Gasteiger partial charge in [-0.15, -0.1) is 0 Å². The number of amides is 1. The Balaban J connectivity index is 1.86. The molecule has 4 atom stereocenters. The Kier molecular flexibility index (Phi) is 3.93. The lowest BCUT2D eigenvalue weighted by molar-refractivity contribution is -0.124. The number of carbonyl (C=O) groups excluding carboxylic acids is 1. The van der Waals surface area contributed by atoms with Gasteiger partial charge in [0, 0.05) is 24.4 Å². The van der Waals surface area contributed by atoms with E-state index in [2.05, 4.69) is 5.32 Å². The first-order valence-corrected chi connectivity index (χ1v) is 7.42. The van der Waals surface area contributed by atoms with Gasteiger partial charge in [-0.3, -0.25) is 4.79 Å². The molecule has 2 aliphatic rings. The summed E-state index contributed by atoms with van der Waals surface area (Å²) >= 11 is 0. The van der Waals surface area contributed by atoms with Crippen molar-refractivity contribution >= 4 is 5.91 Å². The molecule has 1 aliphatic carbocycles. The lowest BCUT2D eigenvalue weighted by atomic mass is 9.86. The lowest BCUT2D eigenvalue weighted by Gasteiger charge is -2.39. The van der Waals surface area contributed by atoms with E-state index in [1.165, 1.54) is 13.0 Å². The number of hydrogen-bond acceptors (Lipinski definition) is 2. The summed E-state index contributed by atoms with van der Waals surface area (Å²) in [7, 11) is 0. The van der Waals surface area contributed by atoms with E-state index in [4.69, 9.17) is 4.74 Å². The quantitative estimate of drug-likeness (QED) is 0.910. The summed E-state index contributed by atoms with van der Waals surface area (Å²) in [6, 6.07) is 3.39. The van der Waals surface area contributed by atoms with Gasteiger partial charge < -0.3 is 10.1 Å². The minimum Gasteiger partial charge on any atom is -0.370 e. The lowest BCUT2D eigenvalue weighted by Crippen LogP contribution is -2.47. The van der Waals surface area contributed by atoms with Crippen molar-refractivity contribution in [2.75, 3.05) is 0 Å². The van der Waals surface area contributed by atoms with Crippen LogP contribution in [-0.2, 0) is 9.53 Å². The first-order chi connectivity index (χ1) is 10.0. The Morgan fingerprint density at radius 3 is 2.90 bits per heavy atom. The van der Waals surface area contributed by atoms with E-state index in [-0.39, 0.29) is 29.5 Å². The maximum absolute atomic E-state index is 14.0. The molecule has 3 rings (SSSR count). The van der Waals surface area contributed by atoms with Crippen LogP contribution in [0.15, 0.2) is 18.2 Å². The van der Waals surface area contributed by atoms with Crippen LogP contribution in [0.2, 0.25) is 0 Å². The van der Waals surface area contributed by atoms with Gasteiger partial charge in [-0.05, 0) is 37.5 Å². The van der Waals surface area contributed by atoms with E-state index in [9.17, 15) is 13.6 Å². The van der Waals surface area contributed by atoms with Crippen molar-refractivity contribution < 1.29 is 18.3 Å². The van der Waals surface area contributed by atoms with Crippen LogP contribution in [0.1, 0.15) is 44.3 Å². The molecular formula is C16H19F2NO2. The molecule has 0 radical (unpaired) electrons. The van der Waals surface area contributed by atoms with E-state index in [1.807, 2.05) is 0 Å². The molecule has 1 aromatic rings. The topological polar surface area (TPSA) is 38.3 Å². The van der Waals surface area contributed by atoms with Gasteiger partial charge in [0.25, 0.3) is 0 Å². The zero-order valence-corrected chi connectivity index (χ0v) is 11.9. The summed E-state index contributed by atoms with van der Waals surface area (Å²) in [4.78, 5) is 11.4. The van der Waals surface area contributed by atoms with E-state index >= 15 is 0 Å². The van der Waals surface area contributed by atoms with Crippen molar-refractivity contribution in [3.8, 4) is 0 Å². The van der Waals surface area contributed by atoms with Crippen molar-refractivity contribution in [3.63, 3.8) is 0 Å². The predicted octanol–water partition coefficient (Wildman–Crippen LogP) is 3.10. The molecule has 0 aromatic heterocycles. The zero-order chi connectivity index (χ0) is 15.0. The molecular weight excluding hydrogens is 276 g/mol. The number of hydrogen-bond donors (Lipinski definition) is 1. The highest BCUT2D eigenvalue weighted by molar-refractivity contribution is 5.73. The highest BCUT2D eigenvalue weighted by atomic mass is 19.1. The standard InChI is InChI=1S/C16H19F2NO2/c1-9(20)19-14-8-16(21-15-4-2-3-11(14)15)12-7-10(17)5-6-13(12)18/h5-7,11,14-16H,2-4,8H2,1H3,(H,19,20)/t11-,14+,15+,16+/m0/s1. The second-order valence-electron chi connectivity index (χ2n) is 5.97. The van der Waals surface area contributed by atoms with Gasteiger partial charge in [0.1, 0.15) is 11.6 Å². The Morgan fingerprint density at radius 1 is 1.33 bits per heavy atom. The first-order valence-electron chi connectivity index (χ1n) is 7.42. The molecule has 1 heterocycles. The molecule has 1 aliphatic heterocycles. The Bertz CT molecular complexity index is 549. The summed E-state index contributed by atoms with van der Waals surface area (Å²) in [5.74, 6) is -0.744. The number of rotatable bonds is 2. The average molecular weight is 295 g/mol. The fourth-order valence-electron chi connectivity index (χ4n) is 3.64. The number of carbonyl (C=O) groups is 1. The third kappa shape index (κ3) is 2.93. The Labute approximate surface area is 122 Å². The molecule has 1 aromatic carbocycles. The van der Waals surface area contributed by atoms with Crippen molar-refractivity contribution in [2.24, 2.45) is 5.92 Å². The smallest absolute Gasteiger partial charge is 0.217 e. The van der Waals surface area contributed by atoms with Crippen LogP contribution >= 0.6 is 0 Å².